The van der Waals surface area contributed by atoms with Crippen molar-refractivity contribution in [1.82, 2.24) is 5.32 Å². The van der Waals surface area contributed by atoms with Crippen LogP contribution in [0.3, 0.4) is 0 Å². The average Bonchev–Trinajstić information content (AvgIpc) is 2.75. The quantitative estimate of drug-likeness (QED) is 0.688. The number of carbonyl (C=O) groups excluding carboxylic acids is 1. The van der Waals surface area contributed by atoms with E-state index in [9.17, 15) is 9.59 Å². The molecule has 3 aromatic rings. The number of carbonyl (C=O) groups is 1. The Morgan fingerprint density at radius 1 is 1.14 bits per heavy atom. The van der Waals surface area contributed by atoms with E-state index in [2.05, 4.69) is 5.32 Å². The molecule has 0 radical (unpaired) electrons. The first kappa shape index (κ1) is 13.4. The minimum Gasteiger partial charge on any atom is -0.390 e. The Hall–Kier alpha value is -2.62. The average molecular weight is 280 g/mol. The molecule has 0 aliphatic heterocycles. The minimum absolute atomic E-state index is 0.0456. The number of hydrogen-bond acceptors (Lipinski definition) is 3. The number of benzene rings is 2. The molecule has 0 spiro atoms. The summed E-state index contributed by atoms with van der Waals surface area (Å²) in [5.41, 5.74) is 5.14. The van der Waals surface area contributed by atoms with Crippen LogP contribution in [0.25, 0.3) is 27.7 Å². The number of amides is 1. The SMILES string of the molecule is NC(=O)CCCN/C=c1/c(=O)c2cccc3cccc1c32. The molecule has 3 aromatic carbocycles. The van der Waals surface area contributed by atoms with Gasteiger partial charge in [0.15, 0.2) is 5.43 Å². The number of rotatable bonds is 5. The highest BCUT2D eigenvalue weighted by Crippen LogP contribution is 2.22. The monoisotopic (exact) mass is 280 g/mol. The molecular formula is C17H16N2O2. The third-order valence-corrected chi connectivity index (χ3v) is 3.67. The standard InChI is InChI=1S/C17H16N2O2/c18-15(20)8-3-9-19-10-14-12-6-1-4-11-5-2-7-13(16(11)12)17(14)21/h1-2,4-7,10,19H,3,8-9H2,(H2,18,20)/b14-10+. The van der Waals surface area contributed by atoms with Crippen molar-refractivity contribution >= 4 is 33.7 Å². The van der Waals surface area contributed by atoms with Gasteiger partial charge in [0.1, 0.15) is 0 Å². The molecule has 0 saturated heterocycles. The predicted octanol–water partition coefficient (Wildman–Crippen LogP) is 1.10. The second-order valence-corrected chi connectivity index (χ2v) is 5.12. The molecule has 0 atom stereocenters. The summed E-state index contributed by atoms with van der Waals surface area (Å²) in [7, 11) is 0. The Morgan fingerprint density at radius 3 is 2.57 bits per heavy atom. The normalized spacial score (nSPS) is 12.3. The molecule has 0 aliphatic carbocycles. The first-order chi connectivity index (χ1) is 10.2. The Morgan fingerprint density at radius 2 is 1.86 bits per heavy atom. The topological polar surface area (TPSA) is 72.2 Å². The van der Waals surface area contributed by atoms with Gasteiger partial charge in [-0.1, -0.05) is 36.4 Å². The first-order valence-electron chi connectivity index (χ1n) is 6.97. The summed E-state index contributed by atoms with van der Waals surface area (Å²) in [4.78, 5) is 23.1. The molecule has 0 saturated carbocycles. The predicted molar refractivity (Wildman–Crippen MR) is 85.0 cm³/mol. The zero-order valence-electron chi connectivity index (χ0n) is 11.6. The van der Waals surface area contributed by atoms with Crippen LogP contribution in [-0.4, -0.2) is 12.5 Å². The van der Waals surface area contributed by atoms with Gasteiger partial charge in [0, 0.05) is 35.2 Å². The third kappa shape index (κ3) is 2.40. The summed E-state index contributed by atoms with van der Waals surface area (Å²) >= 11 is 0. The van der Waals surface area contributed by atoms with Gasteiger partial charge in [-0.25, -0.2) is 0 Å². The fourth-order valence-corrected chi connectivity index (χ4v) is 2.70. The maximum absolute atomic E-state index is 12.5. The highest BCUT2D eigenvalue weighted by molar-refractivity contribution is 6.11. The van der Waals surface area contributed by atoms with Crippen molar-refractivity contribution in [3.8, 4) is 0 Å². The van der Waals surface area contributed by atoms with Gasteiger partial charge < -0.3 is 11.1 Å². The van der Waals surface area contributed by atoms with Crippen LogP contribution in [0, 0.1) is 0 Å². The summed E-state index contributed by atoms with van der Waals surface area (Å²) in [5, 5.41) is 7.61. The number of primary amides is 1. The highest BCUT2D eigenvalue weighted by Gasteiger charge is 2.09. The second kappa shape index (κ2) is 5.40. The zero-order chi connectivity index (χ0) is 14.8. The maximum Gasteiger partial charge on any atom is 0.217 e. The van der Waals surface area contributed by atoms with E-state index in [1.54, 1.807) is 6.20 Å². The molecule has 106 valence electrons. The maximum atomic E-state index is 12.5. The lowest BCUT2D eigenvalue weighted by Gasteiger charge is -1.98. The van der Waals surface area contributed by atoms with Crippen LogP contribution in [0.5, 0.6) is 0 Å². The molecule has 0 unspecified atom stereocenters. The van der Waals surface area contributed by atoms with Crippen LogP contribution < -0.4 is 21.7 Å². The molecule has 0 heterocycles. The molecule has 3 rings (SSSR count). The first-order valence-corrected chi connectivity index (χ1v) is 6.97. The molecule has 0 aliphatic rings. The molecular weight excluding hydrogens is 264 g/mol. The van der Waals surface area contributed by atoms with Gasteiger partial charge in [-0.3, -0.25) is 9.59 Å². The molecule has 0 bridgehead atoms. The zero-order valence-corrected chi connectivity index (χ0v) is 11.6. The molecule has 1 amide bonds. The van der Waals surface area contributed by atoms with E-state index >= 15 is 0 Å². The van der Waals surface area contributed by atoms with Crippen LogP contribution in [-0.2, 0) is 4.79 Å². The van der Waals surface area contributed by atoms with Crippen LogP contribution >= 0.6 is 0 Å². The Bertz CT molecular complexity index is 897. The number of nitrogens with one attached hydrogen (secondary N) is 1. The molecule has 4 nitrogen and oxygen atoms in total. The van der Waals surface area contributed by atoms with Gasteiger partial charge in [0.05, 0.1) is 0 Å². The van der Waals surface area contributed by atoms with Crippen molar-refractivity contribution in [2.24, 2.45) is 5.73 Å². The largest absolute Gasteiger partial charge is 0.390 e. The summed E-state index contributed by atoms with van der Waals surface area (Å²) < 4.78 is 0. The van der Waals surface area contributed by atoms with Crippen molar-refractivity contribution in [3.05, 3.63) is 51.8 Å². The van der Waals surface area contributed by atoms with Gasteiger partial charge in [-0.15, -0.1) is 0 Å². The molecule has 0 fully saturated rings. The molecule has 4 heteroatoms. The van der Waals surface area contributed by atoms with Crippen LogP contribution in [0.15, 0.2) is 41.2 Å². The van der Waals surface area contributed by atoms with Crippen molar-refractivity contribution in [3.63, 3.8) is 0 Å². The van der Waals surface area contributed by atoms with E-state index in [4.69, 9.17) is 5.73 Å². The van der Waals surface area contributed by atoms with E-state index < -0.39 is 0 Å². The lowest BCUT2D eigenvalue weighted by molar-refractivity contribution is -0.118. The van der Waals surface area contributed by atoms with Crippen LogP contribution in [0.4, 0.5) is 0 Å². The fourth-order valence-electron chi connectivity index (χ4n) is 2.70. The summed E-state index contributed by atoms with van der Waals surface area (Å²) in [5.74, 6) is -0.307. The third-order valence-electron chi connectivity index (χ3n) is 3.67. The van der Waals surface area contributed by atoms with Gasteiger partial charge in [0.25, 0.3) is 0 Å². The Kier molecular flexibility index (Phi) is 3.44. The van der Waals surface area contributed by atoms with E-state index in [-0.39, 0.29) is 11.3 Å². The second-order valence-electron chi connectivity index (χ2n) is 5.12. The van der Waals surface area contributed by atoms with Gasteiger partial charge >= 0.3 is 0 Å². The van der Waals surface area contributed by atoms with E-state index in [1.165, 1.54) is 0 Å². The van der Waals surface area contributed by atoms with Crippen molar-refractivity contribution in [2.75, 3.05) is 6.54 Å². The van der Waals surface area contributed by atoms with E-state index in [0.29, 0.717) is 24.6 Å². The van der Waals surface area contributed by atoms with Crippen molar-refractivity contribution in [1.29, 1.82) is 0 Å². The van der Waals surface area contributed by atoms with E-state index in [1.807, 2.05) is 36.4 Å². The summed E-state index contributed by atoms with van der Waals surface area (Å²) in [6.45, 7) is 0.617. The van der Waals surface area contributed by atoms with Gasteiger partial charge in [0.2, 0.25) is 5.91 Å². The lowest BCUT2D eigenvalue weighted by Crippen LogP contribution is -2.24. The number of nitrogens with two attached hydrogens (primary N) is 1. The smallest absolute Gasteiger partial charge is 0.217 e. The minimum atomic E-state index is -0.307. The molecule has 3 N–H and O–H groups in total. The van der Waals surface area contributed by atoms with Crippen LogP contribution in [0.1, 0.15) is 12.8 Å². The number of hydrogen-bond donors (Lipinski definition) is 2. The van der Waals surface area contributed by atoms with Crippen molar-refractivity contribution < 1.29 is 4.79 Å². The van der Waals surface area contributed by atoms with Gasteiger partial charge in [-0.05, 0) is 17.2 Å². The molecule has 21 heavy (non-hydrogen) atoms. The van der Waals surface area contributed by atoms with Crippen molar-refractivity contribution in [2.45, 2.75) is 12.8 Å². The fraction of sp³-hybridized carbons (Fsp3) is 0.176. The van der Waals surface area contributed by atoms with Gasteiger partial charge in [-0.2, -0.15) is 0 Å². The summed E-state index contributed by atoms with van der Waals surface area (Å²) in [6.07, 6.45) is 2.75. The molecule has 0 aromatic heterocycles. The van der Waals surface area contributed by atoms with E-state index in [0.717, 1.165) is 21.5 Å². The lowest BCUT2D eigenvalue weighted by atomic mass is 10.1. The van der Waals surface area contributed by atoms with Crippen LogP contribution in [0.2, 0.25) is 0 Å². The summed E-state index contributed by atoms with van der Waals surface area (Å²) in [6, 6.07) is 11.7. The Balaban J connectivity index is 1.99. The highest BCUT2D eigenvalue weighted by atomic mass is 16.1. The Labute approximate surface area is 121 Å².